The predicted octanol–water partition coefficient (Wildman–Crippen LogP) is 0.852. The molecule has 0 radical (unpaired) electrons. The normalized spacial score (nSPS) is 11.0. The monoisotopic (exact) mass is 330 g/mol. The Kier molecular flexibility index (Phi) is 5.50. The van der Waals surface area contributed by atoms with Gasteiger partial charge in [-0.05, 0) is 45.1 Å². The molecular weight excluding hydrogens is 312 g/mol. The van der Waals surface area contributed by atoms with Crippen LogP contribution in [0.25, 0.3) is 0 Å². The van der Waals surface area contributed by atoms with E-state index in [2.05, 4.69) is 5.43 Å². The number of amides is 2. The van der Waals surface area contributed by atoms with Crippen LogP contribution in [0.3, 0.4) is 0 Å². The molecule has 0 aliphatic heterocycles. The quantitative estimate of drug-likeness (QED) is 0.561. The van der Waals surface area contributed by atoms with E-state index in [0.29, 0.717) is 0 Å². The topological polar surface area (TPSA) is 105 Å². The second kappa shape index (κ2) is 6.72. The molecule has 0 aliphatic carbocycles. The molecule has 9 heteroatoms. The first-order chi connectivity index (χ1) is 9.63. The van der Waals surface area contributed by atoms with Gasteiger partial charge in [0.1, 0.15) is 0 Å². The van der Waals surface area contributed by atoms with Gasteiger partial charge in [0.15, 0.2) is 5.11 Å². The molecule has 21 heavy (non-hydrogen) atoms. The van der Waals surface area contributed by atoms with E-state index in [9.17, 15) is 13.2 Å². The molecule has 0 atom stereocenters. The number of nitrogens with two attached hydrogens (primary N) is 1. The van der Waals surface area contributed by atoms with E-state index in [1.165, 1.54) is 17.1 Å². The number of rotatable bonds is 3. The SMILES string of the molecule is Cc1ccc(S(=O)(=O)NC(=O)NN(C(N)=S)C(C)C)cc1. The minimum Gasteiger partial charge on any atom is -0.375 e. The predicted molar refractivity (Wildman–Crippen MR) is 83.8 cm³/mol. The summed E-state index contributed by atoms with van der Waals surface area (Å²) in [5.74, 6) is 0. The Labute approximate surface area is 129 Å². The van der Waals surface area contributed by atoms with Crippen LogP contribution in [-0.2, 0) is 10.0 Å². The van der Waals surface area contributed by atoms with Crippen molar-refractivity contribution in [2.24, 2.45) is 5.73 Å². The highest BCUT2D eigenvalue weighted by Crippen LogP contribution is 2.09. The van der Waals surface area contributed by atoms with E-state index in [-0.39, 0.29) is 16.0 Å². The van der Waals surface area contributed by atoms with Gasteiger partial charge in [-0.3, -0.25) is 5.01 Å². The molecular formula is C12H18N4O3S2. The number of nitrogens with one attached hydrogen (secondary N) is 2. The Balaban J connectivity index is 2.82. The molecule has 0 bridgehead atoms. The number of urea groups is 1. The van der Waals surface area contributed by atoms with E-state index in [4.69, 9.17) is 18.0 Å². The van der Waals surface area contributed by atoms with Gasteiger partial charge in [-0.15, -0.1) is 0 Å². The molecule has 2 amide bonds. The summed E-state index contributed by atoms with van der Waals surface area (Å²) in [6.07, 6.45) is 0. The van der Waals surface area contributed by atoms with Gasteiger partial charge in [-0.2, -0.15) is 0 Å². The van der Waals surface area contributed by atoms with Gasteiger partial charge >= 0.3 is 6.03 Å². The summed E-state index contributed by atoms with van der Waals surface area (Å²) in [5.41, 5.74) is 8.65. The van der Waals surface area contributed by atoms with E-state index in [0.717, 1.165) is 5.56 Å². The zero-order valence-electron chi connectivity index (χ0n) is 12.0. The molecule has 0 saturated carbocycles. The Morgan fingerprint density at radius 2 is 1.81 bits per heavy atom. The van der Waals surface area contributed by atoms with Crippen molar-refractivity contribution in [1.82, 2.24) is 15.2 Å². The third kappa shape index (κ3) is 4.87. The highest BCUT2D eigenvalue weighted by atomic mass is 32.2. The van der Waals surface area contributed by atoms with Gasteiger partial charge in [0.25, 0.3) is 10.0 Å². The molecule has 0 spiro atoms. The zero-order chi connectivity index (χ0) is 16.2. The number of nitrogens with zero attached hydrogens (tertiary/aromatic N) is 1. The molecule has 0 fully saturated rings. The minimum atomic E-state index is -3.95. The summed E-state index contributed by atoms with van der Waals surface area (Å²) in [6.45, 7) is 5.32. The lowest BCUT2D eigenvalue weighted by atomic mass is 10.2. The summed E-state index contributed by atoms with van der Waals surface area (Å²) in [7, 11) is -3.95. The van der Waals surface area contributed by atoms with Gasteiger partial charge in [0.2, 0.25) is 0 Å². The van der Waals surface area contributed by atoms with Crippen molar-refractivity contribution < 1.29 is 13.2 Å². The van der Waals surface area contributed by atoms with Crippen molar-refractivity contribution in [2.45, 2.75) is 31.7 Å². The number of carbonyl (C=O) groups is 1. The van der Waals surface area contributed by atoms with Crippen LogP contribution in [0.1, 0.15) is 19.4 Å². The lowest BCUT2D eigenvalue weighted by Crippen LogP contribution is -2.55. The number of hydrogen-bond acceptors (Lipinski definition) is 4. The molecule has 7 nitrogen and oxygen atoms in total. The third-order valence-electron chi connectivity index (χ3n) is 2.53. The summed E-state index contributed by atoms with van der Waals surface area (Å²) < 4.78 is 25.9. The van der Waals surface area contributed by atoms with E-state index in [1.807, 2.05) is 11.6 Å². The first-order valence-electron chi connectivity index (χ1n) is 6.12. The molecule has 0 aliphatic rings. The maximum Gasteiger partial charge on any atom is 0.347 e. The average Bonchev–Trinajstić information content (AvgIpc) is 2.35. The zero-order valence-corrected chi connectivity index (χ0v) is 13.6. The van der Waals surface area contributed by atoms with Crippen molar-refractivity contribution in [3.05, 3.63) is 29.8 Å². The molecule has 1 rings (SSSR count). The summed E-state index contributed by atoms with van der Waals surface area (Å²) in [6, 6.07) is 4.97. The highest BCUT2D eigenvalue weighted by molar-refractivity contribution is 7.90. The number of carbonyl (C=O) groups excluding carboxylic acids is 1. The summed E-state index contributed by atoms with van der Waals surface area (Å²) >= 11 is 4.77. The first kappa shape index (κ1) is 17.2. The van der Waals surface area contributed by atoms with Crippen LogP contribution in [0, 0.1) is 6.92 Å². The lowest BCUT2D eigenvalue weighted by molar-refractivity contribution is 0.210. The summed E-state index contributed by atoms with van der Waals surface area (Å²) in [4.78, 5) is 11.8. The van der Waals surface area contributed by atoms with Crippen LogP contribution in [0.4, 0.5) is 4.79 Å². The Morgan fingerprint density at radius 1 is 1.29 bits per heavy atom. The maximum absolute atomic E-state index is 12.0. The van der Waals surface area contributed by atoms with Crippen LogP contribution >= 0.6 is 12.2 Å². The third-order valence-corrected chi connectivity index (χ3v) is 4.08. The van der Waals surface area contributed by atoms with E-state index in [1.54, 1.807) is 26.0 Å². The Bertz CT molecular complexity index is 626. The number of thiocarbonyl (C=S) groups is 1. The van der Waals surface area contributed by atoms with Crippen LogP contribution < -0.4 is 15.9 Å². The van der Waals surface area contributed by atoms with Gasteiger partial charge in [-0.1, -0.05) is 17.7 Å². The standard InChI is InChI=1S/C12H18N4O3S2/c1-8(2)16(11(13)20)14-12(17)15-21(18,19)10-6-4-9(3)5-7-10/h4-8H,1-3H3,(H2,13,20)(H2,14,15,17). The van der Waals surface area contributed by atoms with Crippen molar-refractivity contribution in [2.75, 3.05) is 0 Å². The van der Waals surface area contributed by atoms with Gasteiger partial charge < -0.3 is 5.73 Å². The fraction of sp³-hybridized carbons (Fsp3) is 0.333. The average molecular weight is 330 g/mol. The van der Waals surface area contributed by atoms with Crippen molar-refractivity contribution in [3.8, 4) is 0 Å². The number of hydrazine groups is 1. The van der Waals surface area contributed by atoms with Crippen LogP contribution in [0.5, 0.6) is 0 Å². The fourth-order valence-corrected chi connectivity index (χ4v) is 2.63. The number of benzene rings is 1. The first-order valence-corrected chi connectivity index (χ1v) is 8.01. The Morgan fingerprint density at radius 3 is 2.24 bits per heavy atom. The molecule has 0 aromatic heterocycles. The fourth-order valence-electron chi connectivity index (χ4n) is 1.47. The molecule has 4 N–H and O–H groups in total. The lowest BCUT2D eigenvalue weighted by Gasteiger charge is -2.27. The minimum absolute atomic E-state index is 0.00493. The highest BCUT2D eigenvalue weighted by Gasteiger charge is 2.20. The van der Waals surface area contributed by atoms with Crippen molar-refractivity contribution in [1.29, 1.82) is 0 Å². The van der Waals surface area contributed by atoms with Crippen molar-refractivity contribution in [3.63, 3.8) is 0 Å². The van der Waals surface area contributed by atoms with Crippen LogP contribution in [0.2, 0.25) is 0 Å². The molecule has 0 heterocycles. The van der Waals surface area contributed by atoms with Crippen molar-refractivity contribution >= 4 is 33.4 Å². The Hall–Kier alpha value is -1.87. The second-order valence-electron chi connectivity index (χ2n) is 4.66. The molecule has 116 valence electrons. The van der Waals surface area contributed by atoms with Crippen LogP contribution in [-0.4, -0.2) is 30.6 Å². The van der Waals surface area contributed by atoms with Gasteiger partial charge in [0, 0.05) is 6.04 Å². The second-order valence-corrected chi connectivity index (χ2v) is 6.76. The van der Waals surface area contributed by atoms with Crippen LogP contribution in [0.15, 0.2) is 29.2 Å². The smallest absolute Gasteiger partial charge is 0.347 e. The summed E-state index contributed by atoms with van der Waals surface area (Å²) in [5, 5.41) is 1.13. The molecule has 1 aromatic rings. The number of sulfonamides is 1. The molecule has 0 unspecified atom stereocenters. The molecule has 0 saturated heterocycles. The number of aryl methyl sites for hydroxylation is 1. The van der Waals surface area contributed by atoms with E-state index < -0.39 is 16.1 Å². The van der Waals surface area contributed by atoms with Gasteiger partial charge in [0.05, 0.1) is 4.90 Å². The van der Waals surface area contributed by atoms with Gasteiger partial charge in [-0.25, -0.2) is 23.4 Å². The maximum atomic E-state index is 12.0. The number of hydrogen-bond donors (Lipinski definition) is 3. The largest absolute Gasteiger partial charge is 0.375 e. The molecule has 1 aromatic carbocycles. The van der Waals surface area contributed by atoms with E-state index >= 15 is 0 Å².